The number of ether oxygens (including phenoxy) is 1. The van der Waals surface area contributed by atoms with E-state index in [9.17, 15) is 18.0 Å². The van der Waals surface area contributed by atoms with E-state index in [0.29, 0.717) is 18.8 Å². The van der Waals surface area contributed by atoms with Crippen LogP contribution in [0.2, 0.25) is 0 Å². The van der Waals surface area contributed by atoms with E-state index in [1.54, 1.807) is 12.1 Å². The Labute approximate surface area is 178 Å². The van der Waals surface area contributed by atoms with E-state index in [2.05, 4.69) is 10.1 Å². The number of amides is 1. The van der Waals surface area contributed by atoms with Gasteiger partial charge in [0.15, 0.2) is 0 Å². The Morgan fingerprint density at radius 2 is 1.77 bits per heavy atom. The monoisotopic (exact) mass is 437 g/mol. The van der Waals surface area contributed by atoms with Crippen molar-refractivity contribution in [1.29, 1.82) is 0 Å². The molecular formula is C21H31N3O5S. The topological polar surface area (TPSA) is 96.0 Å². The van der Waals surface area contributed by atoms with E-state index >= 15 is 0 Å². The molecule has 0 spiro atoms. The fraction of sp³-hybridized carbons (Fsp3) is 0.619. The minimum Gasteiger partial charge on any atom is -0.468 e. The van der Waals surface area contributed by atoms with Crippen molar-refractivity contribution in [2.24, 2.45) is 0 Å². The fourth-order valence-corrected chi connectivity index (χ4v) is 5.65. The van der Waals surface area contributed by atoms with Crippen LogP contribution in [0.15, 0.2) is 23.1 Å². The van der Waals surface area contributed by atoms with Gasteiger partial charge in [-0.1, -0.05) is 19.3 Å². The number of hydrogen-bond donors (Lipinski definition) is 1. The molecule has 0 bridgehead atoms. The number of esters is 1. The van der Waals surface area contributed by atoms with Gasteiger partial charge in [0.05, 0.1) is 12.0 Å². The number of carbonyl (C=O) groups excluding carboxylic acids is 2. The molecule has 9 heteroatoms. The van der Waals surface area contributed by atoms with Crippen LogP contribution in [0.3, 0.4) is 0 Å². The molecule has 1 saturated heterocycles. The first kappa shape index (κ1) is 22.6. The number of nitrogens with zero attached hydrogens (tertiary/aromatic N) is 2. The molecule has 1 aromatic rings. The van der Waals surface area contributed by atoms with Crippen molar-refractivity contribution >= 4 is 27.6 Å². The van der Waals surface area contributed by atoms with E-state index in [4.69, 9.17) is 0 Å². The molecule has 2 aliphatic rings. The summed E-state index contributed by atoms with van der Waals surface area (Å²) < 4.78 is 32.4. The summed E-state index contributed by atoms with van der Waals surface area (Å²) in [6, 6.07) is 4.97. The Bertz CT molecular complexity index is 875. The summed E-state index contributed by atoms with van der Waals surface area (Å²) in [6.07, 6.45) is 7.21. The SMILES string of the molecule is COC(=O)CN(C)C(=O)c1cc(NC2CCCCC2)cc(S(=O)(=O)N2CCCC2)c1. The Morgan fingerprint density at radius 3 is 2.40 bits per heavy atom. The standard InChI is InChI=1S/C21H31N3O5S/c1-23(15-20(25)29-2)21(26)16-12-18(22-17-8-4-3-5-9-17)14-19(13-16)30(27,28)24-10-6-7-11-24/h12-14,17,22H,3-11,15H2,1-2H3. The third-order valence-corrected chi connectivity index (χ3v) is 7.65. The highest BCUT2D eigenvalue weighted by molar-refractivity contribution is 7.89. The number of hydrogen-bond acceptors (Lipinski definition) is 6. The van der Waals surface area contributed by atoms with Crippen LogP contribution >= 0.6 is 0 Å². The van der Waals surface area contributed by atoms with Crippen LogP contribution in [0.4, 0.5) is 5.69 Å². The number of nitrogens with one attached hydrogen (secondary N) is 1. The van der Waals surface area contributed by atoms with Gasteiger partial charge >= 0.3 is 5.97 Å². The van der Waals surface area contributed by atoms with Gasteiger partial charge in [-0.05, 0) is 43.9 Å². The molecule has 1 aliphatic heterocycles. The van der Waals surface area contributed by atoms with Gasteiger partial charge in [-0.3, -0.25) is 9.59 Å². The van der Waals surface area contributed by atoms with Gasteiger partial charge in [0.2, 0.25) is 10.0 Å². The molecule has 1 amide bonds. The van der Waals surface area contributed by atoms with Crippen LogP contribution in [0.1, 0.15) is 55.3 Å². The molecule has 166 valence electrons. The number of sulfonamides is 1. The number of rotatable bonds is 7. The third-order valence-electron chi connectivity index (χ3n) is 5.77. The van der Waals surface area contributed by atoms with Crippen molar-refractivity contribution in [2.45, 2.75) is 55.9 Å². The fourth-order valence-electron chi connectivity index (χ4n) is 4.07. The first-order chi connectivity index (χ1) is 14.3. The summed E-state index contributed by atoms with van der Waals surface area (Å²) in [5, 5.41) is 3.42. The quantitative estimate of drug-likeness (QED) is 0.659. The lowest BCUT2D eigenvalue weighted by atomic mass is 9.95. The second-order valence-corrected chi connectivity index (χ2v) is 10.0. The van der Waals surface area contributed by atoms with E-state index in [1.165, 1.54) is 35.8 Å². The molecule has 8 nitrogen and oxygen atoms in total. The van der Waals surface area contributed by atoms with Gasteiger partial charge in [0, 0.05) is 37.4 Å². The Kier molecular flexibility index (Phi) is 7.36. The van der Waals surface area contributed by atoms with Gasteiger partial charge in [0.25, 0.3) is 5.91 Å². The number of benzene rings is 1. The number of anilines is 1. The predicted octanol–water partition coefficient (Wildman–Crippen LogP) is 2.46. The highest BCUT2D eigenvalue weighted by Gasteiger charge is 2.29. The Hall–Kier alpha value is -2.13. The van der Waals surface area contributed by atoms with E-state index < -0.39 is 21.9 Å². The van der Waals surface area contributed by atoms with Crippen molar-refractivity contribution in [3.8, 4) is 0 Å². The Morgan fingerprint density at radius 1 is 1.10 bits per heavy atom. The van der Waals surface area contributed by atoms with Crippen molar-refractivity contribution in [2.75, 3.05) is 39.1 Å². The first-order valence-corrected chi connectivity index (χ1v) is 12.0. The zero-order valence-electron chi connectivity index (χ0n) is 17.7. The molecule has 30 heavy (non-hydrogen) atoms. The molecule has 0 radical (unpaired) electrons. The minimum absolute atomic E-state index is 0.111. The van der Waals surface area contributed by atoms with E-state index in [1.807, 2.05) is 0 Å². The zero-order valence-corrected chi connectivity index (χ0v) is 18.5. The van der Waals surface area contributed by atoms with Gasteiger partial charge in [-0.2, -0.15) is 4.31 Å². The average Bonchev–Trinajstić information content (AvgIpc) is 3.29. The van der Waals surface area contributed by atoms with Crippen LogP contribution in [0.25, 0.3) is 0 Å². The van der Waals surface area contributed by atoms with Gasteiger partial charge in [0.1, 0.15) is 6.54 Å². The van der Waals surface area contributed by atoms with Crippen molar-refractivity contribution in [1.82, 2.24) is 9.21 Å². The van der Waals surface area contributed by atoms with Crippen LogP contribution in [0, 0.1) is 0 Å². The van der Waals surface area contributed by atoms with Gasteiger partial charge in [-0.15, -0.1) is 0 Å². The van der Waals surface area contributed by atoms with E-state index in [-0.39, 0.29) is 23.0 Å². The summed E-state index contributed by atoms with van der Waals surface area (Å²) in [4.78, 5) is 25.8. The molecular weight excluding hydrogens is 406 g/mol. The van der Waals surface area contributed by atoms with Crippen molar-refractivity contribution in [3.05, 3.63) is 23.8 Å². The van der Waals surface area contributed by atoms with Crippen molar-refractivity contribution in [3.63, 3.8) is 0 Å². The molecule has 0 aromatic heterocycles. The molecule has 1 N–H and O–H groups in total. The van der Waals surface area contributed by atoms with Gasteiger partial charge in [-0.25, -0.2) is 8.42 Å². The summed E-state index contributed by atoms with van der Waals surface area (Å²) in [6.45, 7) is 0.784. The van der Waals surface area contributed by atoms with Crippen LogP contribution in [0.5, 0.6) is 0 Å². The molecule has 3 rings (SSSR count). The lowest BCUT2D eigenvalue weighted by Gasteiger charge is -2.25. The number of carbonyl (C=O) groups is 2. The highest BCUT2D eigenvalue weighted by Crippen LogP contribution is 2.28. The summed E-state index contributed by atoms with van der Waals surface area (Å²) in [5.74, 6) is -0.960. The number of likely N-dealkylation sites (N-methyl/N-ethyl adjacent to an activating group) is 1. The predicted molar refractivity (Wildman–Crippen MR) is 114 cm³/mol. The molecule has 0 unspecified atom stereocenters. The number of methoxy groups -OCH3 is 1. The summed E-state index contributed by atoms with van der Waals surface area (Å²) >= 11 is 0. The molecule has 2 fully saturated rings. The third kappa shape index (κ3) is 5.31. The summed E-state index contributed by atoms with van der Waals surface area (Å²) in [5.41, 5.74) is 0.858. The minimum atomic E-state index is -3.68. The van der Waals surface area contributed by atoms with Crippen molar-refractivity contribution < 1.29 is 22.7 Å². The average molecular weight is 438 g/mol. The second-order valence-electron chi connectivity index (χ2n) is 8.07. The first-order valence-electron chi connectivity index (χ1n) is 10.6. The lowest BCUT2D eigenvalue weighted by Crippen LogP contribution is -2.33. The maximum Gasteiger partial charge on any atom is 0.325 e. The Balaban J connectivity index is 1.93. The van der Waals surface area contributed by atoms with Crippen LogP contribution in [-0.4, -0.2) is 69.3 Å². The smallest absolute Gasteiger partial charge is 0.325 e. The van der Waals surface area contributed by atoms with Crippen LogP contribution < -0.4 is 5.32 Å². The second kappa shape index (κ2) is 9.78. The molecule has 1 aliphatic carbocycles. The van der Waals surface area contributed by atoms with E-state index in [0.717, 1.165) is 38.5 Å². The highest BCUT2D eigenvalue weighted by atomic mass is 32.2. The zero-order chi connectivity index (χ0) is 21.7. The largest absolute Gasteiger partial charge is 0.468 e. The molecule has 1 saturated carbocycles. The molecule has 1 aromatic carbocycles. The molecule has 0 atom stereocenters. The van der Waals surface area contributed by atoms with Crippen LogP contribution in [-0.2, 0) is 19.6 Å². The molecule has 1 heterocycles. The lowest BCUT2D eigenvalue weighted by molar-refractivity contribution is -0.141. The maximum atomic E-state index is 13.1. The normalized spacial score (nSPS) is 18.2. The van der Waals surface area contributed by atoms with Gasteiger partial charge < -0.3 is 15.0 Å². The maximum absolute atomic E-state index is 13.1. The summed E-state index contributed by atoms with van der Waals surface area (Å²) in [7, 11) is -0.925.